The molecule has 0 heterocycles. The number of nitrogens with zero attached hydrogens (tertiary/aromatic N) is 1. The van der Waals surface area contributed by atoms with Crippen LogP contribution in [0.5, 0.6) is 0 Å². The average Bonchev–Trinajstić information content (AvgIpc) is 3.30. The molecule has 1 atom stereocenters. The lowest BCUT2D eigenvalue weighted by molar-refractivity contribution is -0.133. The van der Waals surface area contributed by atoms with Gasteiger partial charge < -0.3 is 4.90 Å². The Morgan fingerprint density at radius 2 is 2.00 bits per heavy atom. The average molecular weight is 285 g/mol. The minimum absolute atomic E-state index is 0.0366. The van der Waals surface area contributed by atoms with E-state index >= 15 is 0 Å². The molecule has 0 radical (unpaired) electrons. The summed E-state index contributed by atoms with van der Waals surface area (Å²) in [4.78, 5) is 14.4. The van der Waals surface area contributed by atoms with Crippen LogP contribution >= 0.6 is 0 Å². The molecule has 0 bridgehead atoms. The van der Waals surface area contributed by atoms with Crippen molar-refractivity contribution in [1.29, 1.82) is 0 Å². The summed E-state index contributed by atoms with van der Waals surface area (Å²) >= 11 is 0. The predicted molar refractivity (Wildman–Crippen MR) is 88.1 cm³/mol. The van der Waals surface area contributed by atoms with Crippen molar-refractivity contribution in [2.24, 2.45) is 11.3 Å². The number of benzene rings is 1. The molecule has 0 aliphatic heterocycles. The quantitative estimate of drug-likeness (QED) is 0.686. The zero-order valence-corrected chi connectivity index (χ0v) is 13.5. The second kappa shape index (κ2) is 6.46. The summed E-state index contributed by atoms with van der Waals surface area (Å²) in [7, 11) is 0. The Morgan fingerprint density at radius 1 is 1.38 bits per heavy atom. The Hall–Kier alpha value is -1.57. The number of hydrogen-bond acceptors (Lipinski definition) is 1. The van der Waals surface area contributed by atoms with Crippen molar-refractivity contribution in [2.45, 2.75) is 39.5 Å². The van der Waals surface area contributed by atoms with Crippen LogP contribution in [-0.2, 0) is 4.79 Å². The van der Waals surface area contributed by atoms with Crippen LogP contribution < -0.4 is 0 Å². The van der Waals surface area contributed by atoms with Crippen LogP contribution in [0.3, 0.4) is 0 Å². The standard InChI is InChI=1S/C19H27NO/c1-5-13-20(18(21)17-11-12-17)14-19(3,4)15(2)16-9-7-6-8-10-16/h5-10,15,17H,1,11-14H2,2-4H3. The molecule has 114 valence electrons. The lowest BCUT2D eigenvalue weighted by Crippen LogP contribution is -2.41. The highest BCUT2D eigenvalue weighted by molar-refractivity contribution is 5.81. The highest BCUT2D eigenvalue weighted by Crippen LogP contribution is 2.37. The normalized spacial score (nSPS) is 16.3. The van der Waals surface area contributed by atoms with Crippen LogP contribution in [0.25, 0.3) is 0 Å². The number of amides is 1. The summed E-state index contributed by atoms with van der Waals surface area (Å²) in [6, 6.07) is 10.6. The Balaban J connectivity index is 2.09. The molecule has 1 unspecified atom stereocenters. The van der Waals surface area contributed by atoms with Crippen molar-refractivity contribution in [2.75, 3.05) is 13.1 Å². The maximum Gasteiger partial charge on any atom is 0.225 e. The van der Waals surface area contributed by atoms with E-state index in [1.165, 1.54) is 5.56 Å². The van der Waals surface area contributed by atoms with Crippen LogP contribution in [0, 0.1) is 11.3 Å². The van der Waals surface area contributed by atoms with E-state index < -0.39 is 0 Å². The molecule has 2 heteroatoms. The van der Waals surface area contributed by atoms with Crippen molar-refractivity contribution >= 4 is 5.91 Å². The summed E-state index contributed by atoms with van der Waals surface area (Å²) in [5.41, 5.74) is 1.37. The van der Waals surface area contributed by atoms with Gasteiger partial charge in [-0.15, -0.1) is 6.58 Å². The Labute approximate surface area is 128 Å². The number of carbonyl (C=O) groups is 1. The summed E-state index contributed by atoms with van der Waals surface area (Å²) < 4.78 is 0. The molecular formula is C19H27NO. The molecule has 0 spiro atoms. The van der Waals surface area contributed by atoms with Gasteiger partial charge in [0.2, 0.25) is 5.91 Å². The van der Waals surface area contributed by atoms with Crippen molar-refractivity contribution in [3.63, 3.8) is 0 Å². The second-order valence-corrected chi connectivity index (χ2v) is 6.90. The molecular weight excluding hydrogens is 258 g/mol. The molecule has 1 aromatic carbocycles. The molecule has 1 fully saturated rings. The van der Waals surface area contributed by atoms with Gasteiger partial charge in [0, 0.05) is 19.0 Å². The molecule has 2 rings (SSSR count). The highest BCUT2D eigenvalue weighted by Gasteiger charge is 2.36. The minimum atomic E-state index is 0.0366. The molecule has 0 aromatic heterocycles. The lowest BCUT2D eigenvalue weighted by Gasteiger charge is -2.37. The van der Waals surface area contributed by atoms with Gasteiger partial charge in [0.15, 0.2) is 0 Å². The minimum Gasteiger partial charge on any atom is -0.338 e. The van der Waals surface area contributed by atoms with Gasteiger partial charge in [0.25, 0.3) is 0 Å². The number of rotatable bonds is 7. The third kappa shape index (κ3) is 3.96. The lowest BCUT2D eigenvalue weighted by atomic mass is 9.75. The van der Waals surface area contributed by atoms with Crippen LogP contribution in [0.4, 0.5) is 0 Å². The van der Waals surface area contributed by atoms with Gasteiger partial charge >= 0.3 is 0 Å². The van der Waals surface area contributed by atoms with Crippen LogP contribution in [0.2, 0.25) is 0 Å². The zero-order chi connectivity index (χ0) is 15.5. The Bertz CT molecular complexity index is 488. The first kappa shape index (κ1) is 15.8. The smallest absolute Gasteiger partial charge is 0.225 e. The third-order valence-electron chi connectivity index (χ3n) is 4.66. The van der Waals surface area contributed by atoms with E-state index in [9.17, 15) is 4.79 Å². The van der Waals surface area contributed by atoms with E-state index in [0.29, 0.717) is 18.4 Å². The number of hydrogen-bond donors (Lipinski definition) is 0. The fraction of sp³-hybridized carbons (Fsp3) is 0.526. The van der Waals surface area contributed by atoms with Crippen molar-refractivity contribution in [1.82, 2.24) is 4.90 Å². The van der Waals surface area contributed by atoms with Gasteiger partial charge in [0.05, 0.1) is 0 Å². The molecule has 21 heavy (non-hydrogen) atoms. The summed E-state index contributed by atoms with van der Waals surface area (Å²) in [6.07, 6.45) is 3.95. The van der Waals surface area contributed by atoms with Crippen LogP contribution in [0.1, 0.15) is 45.1 Å². The Morgan fingerprint density at radius 3 is 2.52 bits per heavy atom. The molecule has 1 aliphatic rings. The van der Waals surface area contributed by atoms with Gasteiger partial charge in [-0.05, 0) is 29.7 Å². The highest BCUT2D eigenvalue weighted by atomic mass is 16.2. The van der Waals surface area contributed by atoms with E-state index in [4.69, 9.17) is 0 Å². The molecule has 0 N–H and O–H groups in total. The first-order valence-corrected chi connectivity index (χ1v) is 7.90. The summed E-state index contributed by atoms with van der Waals surface area (Å²) in [6.45, 7) is 12.0. The van der Waals surface area contributed by atoms with Crippen LogP contribution in [-0.4, -0.2) is 23.9 Å². The number of carbonyl (C=O) groups excluding carboxylic acids is 1. The topological polar surface area (TPSA) is 20.3 Å². The fourth-order valence-corrected chi connectivity index (χ4v) is 2.80. The largest absolute Gasteiger partial charge is 0.338 e. The van der Waals surface area contributed by atoms with Crippen LogP contribution in [0.15, 0.2) is 43.0 Å². The SMILES string of the molecule is C=CCN(CC(C)(C)C(C)c1ccccc1)C(=O)C1CC1. The fourth-order valence-electron chi connectivity index (χ4n) is 2.80. The predicted octanol–water partition coefficient (Wildman–Crippen LogP) is 4.24. The first-order chi connectivity index (χ1) is 9.95. The second-order valence-electron chi connectivity index (χ2n) is 6.90. The van der Waals surface area contributed by atoms with Crippen molar-refractivity contribution in [3.05, 3.63) is 48.6 Å². The monoisotopic (exact) mass is 285 g/mol. The van der Waals surface area contributed by atoms with Crippen molar-refractivity contribution < 1.29 is 4.79 Å². The first-order valence-electron chi connectivity index (χ1n) is 7.90. The van der Waals surface area contributed by atoms with E-state index in [-0.39, 0.29) is 11.3 Å². The van der Waals surface area contributed by atoms with Gasteiger partial charge in [-0.2, -0.15) is 0 Å². The van der Waals surface area contributed by atoms with E-state index in [2.05, 4.69) is 51.6 Å². The van der Waals surface area contributed by atoms with E-state index in [1.807, 2.05) is 17.0 Å². The van der Waals surface area contributed by atoms with Crippen molar-refractivity contribution in [3.8, 4) is 0 Å². The van der Waals surface area contributed by atoms with E-state index in [1.54, 1.807) is 0 Å². The molecule has 1 aromatic rings. The Kier molecular flexibility index (Phi) is 4.87. The van der Waals surface area contributed by atoms with Gasteiger partial charge in [-0.1, -0.05) is 57.2 Å². The maximum atomic E-state index is 12.4. The van der Waals surface area contributed by atoms with Gasteiger partial charge in [0.1, 0.15) is 0 Å². The molecule has 2 nitrogen and oxygen atoms in total. The van der Waals surface area contributed by atoms with Gasteiger partial charge in [-0.25, -0.2) is 0 Å². The van der Waals surface area contributed by atoms with E-state index in [0.717, 1.165) is 19.4 Å². The zero-order valence-electron chi connectivity index (χ0n) is 13.5. The summed E-state index contributed by atoms with van der Waals surface area (Å²) in [5.74, 6) is 0.981. The molecule has 0 saturated heterocycles. The molecule has 1 aliphatic carbocycles. The van der Waals surface area contributed by atoms with Gasteiger partial charge in [-0.3, -0.25) is 4.79 Å². The third-order valence-corrected chi connectivity index (χ3v) is 4.66. The molecule has 1 saturated carbocycles. The maximum absolute atomic E-state index is 12.4. The summed E-state index contributed by atoms with van der Waals surface area (Å²) in [5, 5.41) is 0. The molecule has 1 amide bonds.